The smallest absolute Gasteiger partial charge is 0.140 e. The zero-order valence-corrected chi connectivity index (χ0v) is 14.6. The molecule has 0 radical (unpaired) electrons. The van der Waals surface area contributed by atoms with Crippen molar-refractivity contribution in [3.05, 3.63) is 30.1 Å². The number of para-hydroxylation sites is 1. The molecule has 130 valence electrons. The van der Waals surface area contributed by atoms with Crippen molar-refractivity contribution in [3.8, 4) is 0 Å². The van der Waals surface area contributed by atoms with Crippen molar-refractivity contribution in [2.45, 2.75) is 44.6 Å². The number of ether oxygens (including phenoxy) is 1. The first-order valence-corrected chi connectivity index (χ1v) is 9.05. The summed E-state index contributed by atoms with van der Waals surface area (Å²) in [6.45, 7) is 2.48. The minimum Gasteiger partial charge on any atom is -0.385 e. The van der Waals surface area contributed by atoms with E-state index in [1.807, 2.05) is 6.07 Å². The Labute approximate surface area is 144 Å². The average molecular weight is 328 g/mol. The third-order valence-electron chi connectivity index (χ3n) is 4.78. The first kappa shape index (κ1) is 17.1. The molecule has 1 aliphatic heterocycles. The zero-order valence-electron chi connectivity index (χ0n) is 14.6. The number of nitrogens with two attached hydrogens (primary N) is 1. The van der Waals surface area contributed by atoms with Crippen molar-refractivity contribution in [2.75, 3.05) is 31.7 Å². The molecule has 5 nitrogen and oxygen atoms in total. The highest BCUT2D eigenvalue weighted by Gasteiger charge is 2.25. The molecular formula is C19H28N4O. The summed E-state index contributed by atoms with van der Waals surface area (Å²) < 4.78 is 5.24. The number of fused-ring (bicyclic) bond motifs is 1. The lowest BCUT2D eigenvalue weighted by Gasteiger charge is -2.37. The van der Waals surface area contributed by atoms with Crippen molar-refractivity contribution in [1.82, 2.24) is 9.97 Å². The van der Waals surface area contributed by atoms with Crippen LogP contribution in [-0.4, -0.2) is 42.8 Å². The van der Waals surface area contributed by atoms with Crippen LogP contribution in [-0.2, 0) is 11.2 Å². The van der Waals surface area contributed by atoms with Crippen LogP contribution in [0.3, 0.4) is 0 Å². The van der Waals surface area contributed by atoms with Crippen LogP contribution in [0.2, 0.25) is 0 Å². The number of aromatic nitrogens is 2. The molecule has 1 aromatic carbocycles. The normalized spacial score (nSPS) is 18.2. The molecule has 0 bridgehead atoms. The number of hydrogen-bond acceptors (Lipinski definition) is 5. The molecule has 1 aliphatic rings. The Morgan fingerprint density at radius 2 is 2.12 bits per heavy atom. The van der Waals surface area contributed by atoms with E-state index < -0.39 is 0 Å². The van der Waals surface area contributed by atoms with E-state index in [1.54, 1.807) is 7.11 Å². The van der Waals surface area contributed by atoms with Gasteiger partial charge in [0, 0.05) is 38.1 Å². The van der Waals surface area contributed by atoms with Crippen LogP contribution in [0, 0.1) is 0 Å². The lowest BCUT2D eigenvalue weighted by atomic mass is 9.97. The Kier molecular flexibility index (Phi) is 5.99. The third-order valence-corrected chi connectivity index (χ3v) is 4.78. The number of nitrogens with zero attached hydrogens (tertiary/aromatic N) is 3. The maximum absolute atomic E-state index is 5.73. The molecule has 0 spiro atoms. The van der Waals surface area contributed by atoms with Crippen molar-refractivity contribution in [3.63, 3.8) is 0 Å². The summed E-state index contributed by atoms with van der Waals surface area (Å²) in [6.07, 6.45) is 6.72. The molecule has 2 N–H and O–H groups in total. The fourth-order valence-electron chi connectivity index (χ4n) is 3.61. The molecule has 1 fully saturated rings. The molecule has 3 rings (SSSR count). The monoisotopic (exact) mass is 328 g/mol. The molecule has 1 saturated heterocycles. The first-order chi connectivity index (χ1) is 11.8. The minimum absolute atomic E-state index is 0.540. The van der Waals surface area contributed by atoms with E-state index >= 15 is 0 Å². The summed E-state index contributed by atoms with van der Waals surface area (Å²) in [7, 11) is 1.77. The van der Waals surface area contributed by atoms with Crippen molar-refractivity contribution < 1.29 is 4.74 Å². The van der Waals surface area contributed by atoms with Gasteiger partial charge >= 0.3 is 0 Å². The molecule has 0 unspecified atom stereocenters. The highest BCUT2D eigenvalue weighted by Crippen LogP contribution is 2.31. The van der Waals surface area contributed by atoms with E-state index in [0.717, 1.165) is 55.0 Å². The van der Waals surface area contributed by atoms with Crippen LogP contribution in [0.4, 0.5) is 5.82 Å². The quantitative estimate of drug-likeness (QED) is 0.792. The van der Waals surface area contributed by atoms with E-state index in [1.165, 1.54) is 19.3 Å². The lowest BCUT2D eigenvalue weighted by molar-refractivity contribution is 0.188. The summed E-state index contributed by atoms with van der Waals surface area (Å²) >= 11 is 0. The molecule has 2 aromatic rings. The first-order valence-electron chi connectivity index (χ1n) is 9.05. The standard InChI is InChI=1S/C19H28N4O/c1-24-14-6-8-15-7-4-5-13-23(15)19-16-9-2-3-10-17(16)21-18(22-19)11-12-20/h2-3,9-10,15H,4-8,11-14,20H2,1H3/t15-/m1/s1. The second-order valence-corrected chi connectivity index (χ2v) is 6.50. The highest BCUT2D eigenvalue weighted by molar-refractivity contribution is 5.89. The molecule has 5 heteroatoms. The molecule has 0 aliphatic carbocycles. The Bertz CT molecular complexity index is 661. The van der Waals surface area contributed by atoms with E-state index in [2.05, 4.69) is 28.1 Å². The molecule has 1 aromatic heterocycles. The highest BCUT2D eigenvalue weighted by atomic mass is 16.5. The average Bonchev–Trinajstić information content (AvgIpc) is 2.62. The van der Waals surface area contributed by atoms with Gasteiger partial charge in [0.2, 0.25) is 0 Å². The van der Waals surface area contributed by atoms with Crippen LogP contribution in [0.15, 0.2) is 24.3 Å². The van der Waals surface area contributed by atoms with Gasteiger partial charge < -0.3 is 15.4 Å². The van der Waals surface area contributed by atoms with E-state index in [-0.39, 0.29) is 0 Å². The number of methoxy groups -OCH3 is 1. The number of rotatable bonds is 7. The number of anilines is 1. The van der Waals surface area contributed by atoms with Gasteiger partial charge in [-0.25, -0.2) is 9.97 Å². The van der Waals surface area contributed by atoms with Gasteiger partial charge in [0.25, 0.3) is 0 Å². The van der Waals surface area contributed by atoms with E-state index in [0.29, 0.717) is 12.6 Å². The van der Waals surface area contributed by atoms with Gasteiger partial charge in [0.15, 0.2) is 0 Å². The number of benzene rings is 1. The summed E-state index contributed by atoms with van der Waals surface area (Å²) in [4.78, 5) is 12.1. The Morgan fingerprint density at radius 1 is 1.25 bits per heavy atom. The Morgan fingerprint density at radius 3 is 2.96 bits per heavy atom. The van der Waals surface area contributed by atoms with Crippen molar-refractivity contribution >= 4 is 16.7 Å². The van der Waals surface area contributed by atoms with Crippen LogP contribution in [0.1, 0.15) is 37.9 Å². The lowest BCUT2D eigenvalue weighted by Crippen LogP contribution is -2.40. The van der Waals surface area contributed by atoms with Gasteiger partial charge in [-0.2, -0.15) is 0 Å². The molecule has 0 amide bonds. The van der Waals surface area contributed by atoms with Crippen LogP contribution >= 0.6 is 0 Å². The van der Waals surface area contributed by atoms with Gasteiger partial charge in [-0.05, 0) is 50.8 Å². The van der Waals surface area contributed by atoms with Crippen LogP contribution in [0.5, 0.6) is 0 Å². The van der Waals surface area contributed by atoms with Crippen LogP contribution in [0.25, 0.3) is 10.9 Å². The maximum atomic E-state index is 5.73. The molecule has 0 saturated carbocycles. The number of hydrogen-bond donors (Lipinski definition) is 1. The summed E-state index contributed by atoms with van der Waals surface area (Å²) in [5.41, 5.74) is 6.75. The zero-order chi connectivity index (χ0) is 16.8. The van der Waals surface area contributed by atoms with Crippen molar-refractivity contribution in [1.29, 1.82) is 0 Å². The van der Waals surface area contributed by atoms with E-state index in [4.69, 9.17) is 15.5 Å². The van der Waals surface area contributed by atoms with Crippen LogP contribution < -0.4 is 10.6 Å². The van der Waals surface area contributed by atoms with Gasteiger partial charge in [-0.1, -0.05) is 12.1 Å². The Hall–Kier alpha value is -1.72. The predicted octanol–water partition coefficient (Wildman–Crippen LogP) is 2.92. The maximum Gasteiger partial charge on any atom is 0.140 e. The second kappa shape index (κ2) is 8.40. The summed E-state index contributed by atoms with van der Waals surface area (Å²) in [5, 5.41) is 1.15. The summed E-state index contributed by atoms with van der Waals surface area (Å²) in [5.74, 6) is 1.94. The van der Waals surface area contributed by atoms with Gasteiger partial charge in [-0.3, -0.25) is 0 Å². The Balaban J connectivity index is 1.95. The molecule has 2 heterocycles. The minimum atomic E-state index is 0.540. The largest absolute Gasteiger partial charge is 0.385 e. The fraction of sp³-hybridized carbons (Fsp3) is 0.579. The van der Waals surface area contributed by atoms with Gasteiger partial charge in [0.05, 0.1) is 5.52 Å². The van der Waals surface area contributed by atoms with Gasteiger partial charge in [-0.15, -0.1) is 0 Å². The van der Waals surface area contributed by atoms with Gasteiger partial charge in [0.1, 0.15) is 11.6 Å². The molecular weight excluding hydrogens is 300 g/mol. The van der Waals surface area contributed by atoms with Crippen molar-refractivity contribution in [2.24, 2.45) is 5.73 Å². The summed E-state index contributed by atoms with van der Waals surface area (Å²) in [6, 6.07) is 8.86. The predicted molar refractivity (Wildman–Crippen MR) is 98.4 cm³/mol. The third kappa shape index (κ3) is 3.84. The number of piperidine rings is 1. The molecule has 24 heavy (non-hydrogen) atoms. The second-order valence-electron chi connectivity index (χ2n) is 6.50. The fourth-order valence-corrected chi connectivity index (χ4v) is 3.61. The SMILES string of the molecule is COCCC[C@H]1CCCCN1c1nc(CCN)nc2ccccc12. The molecule has 1 atom stereocenters. The van der Waals surface area contributed by atoms with E-state index in [9.17, 15) is 0 Å². The topological polar surface area (TPSA) is 64.3 Å².